The highest BCUT2D eigenvalue weighted by atomic mass is 16.8. The van der Waals surface area contributed by atoms with Gasteiger partial charge in [0, 0.05) is 6.61 Å². The molecule has 2 nitrogen and oxygen atoms in total. The van der Waals surface area contributed by atoms with Crippen molar-refractivity contribution < 1.29 is 9.47 Å². The summed E-state index contributed by atoms with van der Waals surface area (Å²) in [5, 5.41) is 0. The molecular weight excluding hydrogens is 116 g/mol. The van der Waals surface area contributed by atoms with Crippen LogP contribution in [0, 0.1) is 0 Å². The largest absolute Gasteiger partial charge is 0.350 e. The minimum atomic E-state index is 0.134. The molecule has 54 valence electrons. The first-order valence-corrected chi connectivity index (χ1v) is 3.65. The maximum absolute atomic E-state index is 5.28. The van der Waals surface area contributed by atoms with Crippen molar-refractivity contribution in [2.45, 2.75) is 39.1 Å². The molecule has 0 amide bonds. The van der Waals surface area contributed by atoms with Crippen LogP contribution < -0.4 is 0 Å². The Balaban J connectivity index is 1.92. The highest BCUT2D eigenvalue weighted by Gasteiger charge is 2.37. The SMILES string of the molecule is CCCOC1OC1CC. The van der Waals surface area contributed by atoms with Crippen LogP contribution in [0.5, 0.6) is 0 Å². The fourth-order valence-corrected chi connectivity index (χ4v) is 0.796. The third-order valence-corrected chi connectivity index (χ3v) is 1.42. The van der Waals surface area contributed by atoms with Gasteiger partial charge >= 0.3 is 0 Å². The van der Waals surface area contributed by atoms with Crippen molar-refractivity contribution in [1.29, 1.82) is 0 Å². The lowest BCUT2D eigenvalue weighted by atomic mass is 10.3. The second kappa shape index (κ2) is 3.18. The maximum atomic E-state index is 5.28. The Morgan fingerprint density at radius 1 is 1.44 bits per heavy atom. The monoisotopic (exact) mass is 130 g/mol. The molecule has 2 unspecified atom stereocenters. The van der Waals surface area contributed by atoms with E-state index in [1.54, 1.807) is 0 Å². The van der Waals surface area contributed by atoms with Crippen LogP contribution in [0.3, 0.4) is 0 Å². The Bertz CT molecular complexity index is 83.0. The van der Waals surface area contributed by atoms with Crippen molar-refractivity contribution >= 4 is 0 Å². The Kier molecular flexibility index (Phi) is 2.49. The first-order chi connectivity index (χ1) is 4.38. The van der Waals surface area contributed by atoms with Crippen molar-refractivity contribution in [3.05, 3.63) is 0 Å². The van der Waals surface area contributed by atoms with E-state index < -0.39 is 0 Å². The summed E-state index contributed by atoms with van der Waals surface area (Å²) in [7, 11) is 0. The minimum Gasteiger partial charge on any atom is -0.350 e. The summed E-state index contributed by atoms with van der Waals surface area (Å²) in [6, 6.07) is 0. The molecule has 0 spiro atoms. The van der Waals surface area contributed by atoms with Gasteiger partial charge in [0.15, 0.2) is 6.29 Å². The zero-order chi connectivity index (χ0) is 6.69. The van der Waals surface area contributed by atoms with Gasteiger partial charge in [-0.2, -0.15) is 0 Å². The predicted octanol–water partition coefficient (Wildman–Crippen LogP) is 1.55. The van der Waals surface area contributed by atoms with Crippen LogP contribution in [-0.2, 0) is 9.47 Å². The lowest BCUT2D eigenvalue weighted by molar-refractivity contribution is 0.0507. The van der Waals surface area contributed by atoms with Crippen LogP contribution >= 0.6 is 0 Å². The van der Waals surface area contributed by atoms with E-state index in [1.807, 2.05) is 0 Å². The lowest BCUT2D eigenvalue weighted by Crippen LogP contribution is -1.99. The molecular formula is C7H14O2. The predicted molar refractivity (Wildman–Crippen MR) is 35.2 cm³/mol. The zero-order valence-electron chi connectivity index (χ0n) is 6.09. The Hall–Kier alpha value is -0.0800. The first-order valence-electron chi connectivity index (χ1n) is 3.65. The topological polar surface area (TPSA) is 21.8 Å². The van der Waals surface area contributed by atoms with Gasteiger partial charge in [0.05, 0.1) is 0 Å². The summed E-state index contributed by atoms with van der Waals surface area (Å²) in [6.45, 7) is 5.05. The highest BCUT2D eigenvalue weighted by molar-refractivity contribution is 4.74. The third kappa shape index (κ3) is 1.95. The molecule has 0 aromatic carbocycles. The Morgan fingerprint density at radius 2 is 2.22 bits per heavy atom. The summed E-state index contributed by atoms with van der Waals surface area (Å²) in [6.07, 6.45) is 2.69. The zero-order valence-corrected chi connectivity index (χ0v) is 6.09. The van der Waals surface area contributed by atoms with Crippen LogP contribution in [0.1, 0.15) is 26.7 Å². The van der Waals surface area contributed by atoms with Gasteiger partial charge in [0.25, 0.3) is 0 Å². The van der Waals surface area contributed by atoms with E-state index in [0.29, 0.717) is 6.10 Å². The molecule has 1 heterocycles. The molecule has 1 saturated heterocycles. The molecule has 0 N–H and O–H groups in total. The van der Waals surface area contributed by atoms with Crippen molar-refractivity contribution in [2.24, 2.45) is 0 Å². The molecule has 1 rings (SSSR count). The standard InChI is InChI=1S/C7H14O2/c1-3-5-8-7-6(4-2)9-7/h6-7H,3-5H2,1-2H3. The smallest absolute Gasteiger partial charge is 0.184 e. The molecule has 0 radical (unpaired) electrons. The molecule has 0 aromatic heterocycles. The number of rotatable bonds is 4. The second-order valence-electron chi connectivity index (χ2n) is 2.32. The molecule has 0 aliphatic carbocycles. The van der Waals surface area contributed by atoms with Gasteiger partial charge in [0.1, 0.15) is 6.10 Å². The van der Waals surface area contributed by atoms with Gasteiger partial charge in [-0.1, -0.05) is 13.8 Å². The summed E-state index contributed by atoms with van der Waals surface area (Å²) in [4.78, 5) is 0. The molecule has 0 aromatic rings. The third-order valence-electron chi connectivity index (χ3n) is 1.42. The molecule has 1 aliphatic heterocycles. The van der Waals surface area contributed by atoms with Gasteiger partial charge in [0.2, 0.25) is 0 Å². The quantitative estimate of drug-likeness (QED) is 0.538. The summed E-state index contributed by atoms with van der Waals surface area (Å²) < 4.78 is 10.4. The fourth-order valence-electron chi connectivity index (χ4n) is 0.796. The summed E-state index contributed by atoms with van der Waals surface area (Å²) >= 11 is 0. The van der Waals surface area contributed by atoms with E-state index in [0.717, 1.165) is 19.4 Å². The van der Waals surface area contributed by atoms with E-state index in [2.05, 4.69) is 13.8 Å². The summed E-state index contributed by atoms with van der Waals surface area (Å²) in [5.41, 5.74) is 0. The van der Waals surface area contributed by atoms with E-state index in [4.69, 9.17) is 9.47 Å². The molecule has 0 saturated carbocycles. The average molecular weight is 130 g/mol. The molecule has 1 fully saturated rings. The van der Waals surface area contributed by atoms with Gasteiger partial charge in [-0.25, -0.2) is 0 Å². The molecule has 9 heavy (non-hydrogen) atoms. The number of hydrogen-bond acceptors (Lipinski definition) is 2. The van der Waals surface area contributed by atoms with E-state index >= 15 is 0 Å². The maximum Gasteiger partial charge on any atom is 0.184 e. The van der Waals surface area contributed by atoms with Gasteiger partial charge in [-0.15, -0.1) is 0 Å². The fraction of sp³-hybridized carbons (Fsp3) is 1.00. The van der Waals surface area contributed by atoms with E-state index in [9.17, 15) is 0 Å². The van der Waals surface area contributed by atoms with Crippen LogP contribution in [0.25, 0.3) is 0 Å². The van der Waals surface area contributed by atoms with Crippen LogP contribution in [-0.4, -0.2) is 19.0 Å². The van der Waals surface area contributed by atoms with Gasteiger partial charge in [-0.3, -0.25) is 0 Å². The van der Waals surface area contributed by atoms with E-state index in [1.165, 1.54) is 0 Å². The number of epoxide rings is 1. The number of hydrogen-bond donors (Lipinski definition) is 0. The lowest BCUT2D eigenvalue weighted by Gasteiger charge is -1.93. The Morgan fingerprint density at radius 3 is 2.67 bits per heavy atom. The van der Waals surface area contributed by atoms with Crippen molar-refractivity contribution in [3.63, 3.8) is 0 Å². The molecule has 0 bridgehead atoms. The second-order valence-corrected chi connectivity index (χ2v) is 2.32. The van der Waals surface area contributed by atoms with Crippen LogP contribution in [0.2, 0.25) is 0 Å². The Labute approximate surface area is 56.2 Å². The van der Waals surface area contributed by atoms with Gasteiger partial charge < -0.3 is 9.47 Å². The average Bonchev–Trinajstić information content (AvgIpc) is 2.62. The van der Waals surface area contributed by atoms with Crippen molar-refractivity contribution in [2.75, 3.05) is 6.61 Å². The van der Waals surface area contributed by atoms with E-state index in [-0.39, 0.29) is 6.29 Å². The molecule has 2 atom stereocenters. The van der Waals surface area contributed by atoms with Crippen molar-refractivity contribution in [3.8, 4) is 0 Å². The highest BCUT2D eigenvalue weighted by Crippen LogP contribution is 2.25. The molecule has 1 aliphatic rings. The van der Waals surface area contributed by atoms with Crippen molar-refractivity contribution in [1.82, 2.24) is 0 Å². The first kappa shape index (κ1) is 7.03. The normalized spacial score (nSPS) is 32.7. The van der Waals surface area contributed by atoms with Crippen LogP contribution in [0.15, 0.2) is 0 Å². The number of ether oxygens (including phenoxy) is 2. The van der Waals surface area contributed by atoms with Gasteiger partial charge in [-0.05, 0) is 12.8 Å². The molecule has 2 heteroatoms. The minimum absolute atomic E-state index is 0.134. The van der Waals surface area contributed by atoms with Crippen LogP contribution in [0.4, 0.5) is 0 Å². The summed E-state index contributed by atoms with van der Waals surface area (Å²) in [5.74, 6) is 0.